The first-order chi connectivity index (χ1) is 11.2. The fraction of sp³-hybridized carbons (Fsp3) is 0.263. The zero-order chi connectivity index (χ0) is 16.4. The second-order valence-corrected chi connectivity index (χ2v) is 5.64. The fourth-order valence-corrected chi connectivity index (χ4v) is 3.06. The van der Waals surface area contributed by atoms with Gasteiger partial charge >= 0.3 is 0 Å². The van der Waals surface area contributed by atoms with Crippen LogP contribution in [0.3, 0.4) is 0 Å². The number of methoxy groups -OCH3 is 2. The van der Waals surface area contributed by atoms with E-state index in [1.807, 2.05) is 18.2 Å². The van der Waals surface area contributed by atoms with Crippen LogP contribution in [-0.4, -0.2) is 20.0 Å². The molecule has 0 saturated heterocycles. The zero-order valence-electron chi connectivity index (χ0n) is 13.1. The second-order valence-electron chi connectivity index (χ2n) is 5.64. The highest BCUT2D eigenvalue weighted by atomic mass is 16.5. The van der Waals surface area contributed by atoms with Gasteiger partial charge < -0.3 is 9.47 Å². The highest BCUT2D eigenvalue weighted by Crippen LogP contribution is 2.37. The highest BCUT2D eigenvalue weighted by molar-refractivity contribution is 6.03. The maximum absolute atomic E-state index is 12.6. The van der Waals surface area contributed by atoms with Crippen molar-refractivity contribution in [3.63, 3.8) is 0 Å². The lowest BCUT2D eigenvalue weighted by Crippen LogP contribution is -2.12. The van der Waals surface area contributed by atoms with E-state index in [0.717, 1.165) is 16.7 Å². The number of ketones is 1. The Labute approximate surface area is 135 Å². The van der Waals surface area contributed by atoms with Gasteiger partial charge in [0.2, 0.25) is 0 Å². The van der Waals surface area contributed by atoms with Crippen LogP contribution in [0.2, 0.25) is 0 Å². The van der Waals surface area contributed by atoms with Gasteiger partial charge in [-0.25, -0.2) is 0 Å². The van der Waals surface area contributed by atoms with Gasteiger partial charge in [-0.3, -0.25) is 4.79 Å². The summed E-state index contributed by atoms with van der Waals surface area (Å²) in [5.74, 6) is 1.30. The number of nitrogens with zero attached hydrogens (tertiary/aromatic N) is 1. The van der Waals surface area contributed by atoms with E-state index in [1.165, 1.54) is 0 Å². The molecule has 0 bridgehead atoms. The molecule has 0 fully saturated rings. The highest BCUT2D eigenvalue weighted by Gasteiger charge is 2.32. The average Bonchev–Trinajstić information content (AvgIpc) is 2.89. The molecular formula is C19H17NO3. The molecule has 23 heavy (non-hydrogen) atoms. The molecule has 1 unspecified atom stereocenters. The molecule has 0 aromatic heterocycles. The number of Topliss-reactive ketones (excluding diaryl/α,β-unsaturated/α-hetero) is 1. The standard InChI is InChI=1S/C19H17NO3/c1-22-17-9-14-8-15(19(21)16(14)10-18(17)23-2)7-12-3-5-13(11-20)6-4-12/h3-6,9-10,15H,7-8H2,1-2H3. The third kappa shape index (κ3) is 2.78. The summed E-state index contributed by atoms with van der Waals surface area (Å²) in [4.78, 5) is 12.6. The molecule has 2 aromatic carbocycles. The molecule has 0 saturated carbocycles. The number of nitriles is 1. The Hall–Kier alpha value is -2.80. The summed E-state index contributed by atoms with van der Waals surface area (Å²) in [7, 11) is 3.16. The Bertz CT molecular complexity index is 787. The van der Waals surface area contributed by atoms with Gasteiger partial charge in [-0.2, -0.15) is 5.26 Å². The topological polar surface area (TPSA) is 59.3 Å². The van der Waals surface area contributed by atoms with Crippen LogP contribution in [-0.2, 0) is 12.8 Å². The number of carbonyl (C=O) groups is 1. The summed E-state index contributed by atoms with van der Waals surface area (Å²) in [5, 5.41) is 8.84. The van der Waals surface area contributed by atoms with Crippen molar-refractivity contribution in [1.82, 2.24) is 0 Å². The Morgan fingerprint density at radius 1 is 1.13 bits per heavy atom. The van der Waals surface area contributed by atoms with Gasteiger partial charge in [0.25, 0.3) is 0 Å². The number of carbonyl (C=O) groups excluding carboxylic acids is 1. The molecule has 1 atom stereocenters. The number of hydrogen-bond acceptors (Lipinski definition) is 4. The fourth-order valence-electron chi connectivity index (χ4n) is 3.06. The first kappa shape index (κ1) is 15.1. The van der Waals surface area contributed by atoms with Crippen LogP contribution in [0.1, 0.15) is 27.0 Å². The minimum Gasteiger partial charge on any atom is -0.493 e. The van der Waals surface area contributed by atoms with Crippen LogP contribution < -0.4 is 9.47 Å². The summed E-state index contributed by atoms with van der Waals surface area (Å²) in [5.41, 5.74) is 3.42. The van der Waals surface area contributed by atoms with E-state index < -0.39 is 0 Å². The van der Waals surface area contributed by atoms with E-state index in [0.29, 0.717) is 29.9 Å². The van der Waals surface area contributed by atoms with Crippen molar-refractivity contribution >= 4 is 5.78 Å². The molecule has 3 rings (SSSR count). The van der Waals surface area contributed by atoms with Gasteiger partial charge in [-0.15, -0.1) is 0 Å². The van der Waals surface area contributed by atoms with Crippen LogP contribution in [0, 0.1) is 17.2 Å². The summed E-state index contributed by atoms with van der Waals surface area (Å²) in [6, 6.07) is 13.2. The smallest absolute Gasteiger partial charge is 0.167 e. The van der Waals surface area contributed by atoms with Gasteiger partial charge in [0, 0.05) is 11.5 Å². The molecule has 116 valence electrons. The molecule has 2 aromatic rings. The largest absolute Gasteiger partial charge is 0.493 e. The van der Waals surface area contributed by atoms with Gasteiger partial charge in [0.05, 0.1) is 25.9 Å². The van der Waals surface area contributed by atoms with E-state index in [-0.39, 0.29) is 11.7 Å². The molecule has 4 heteroatoms. The van der Waals surface area contributed by atoms with Crippen molar-refractivity contribution in [2.24, 2.45) is 5.92 Å². The Balaban J connectivity index is 1.84. The summed E-state index contributed by atoms with van der Waals surface area (Å²) >= 11 is 0. The van der Waals surface area contributed by atoms with E-state index >= 15 is 0 Å². The minimum absolute atomic E-state index is 0.0743. The maximum Gasteiger partial charge on any atom is 0.167 e. The van der Waals surface area contributed by atoms with E-state index in [2.05, 4.69) is 6.07 Å². The van der Waals surface area contributed by atoms with E-state index in [4.69, 9.17) is 14.7 Å². The van der Waals surface area contributed by atoms with Crippen LogP contribution in [0.5, 0.6) is 11.5 Å². The molecule has 0 amide bonds. The Morgan fingerprint density at radius 2 is 1.78 bits per heavy atom. The number of fused-ring (bicyclic) bond motifs is 1. The normalized spacial score (nSPS) is 15.9. The van der Waals surface area contributed by atoms with Crippen molar-refractivity contribution in [2.45, 2.75) is 12.8 Å². The maximum atomic E-state index is 12.6. The molecule has 1 aliphatic carbocycles. The van der Waals surface area contributed by atoms with Crippen molar-refractivity contribution < 1.29 is 14.3 Å². The number of ether oxygens (including phenoxy) is 2. The zero-order valence-corrected chi connectivity index (χ0v) is 13.1. The van der Waals surface area contributed by atoms with Gasteiger partial charge in [-0.1, -0.05) is 12.1 Å². The van der Waals surface area contributed by atoms with Gasteiger partial charge in [0.15, 0.2) is 17.3 Å². The first-order valence-corrected chi connectivity index (χ1v) is 7.44. The van der Waals surface area contributed by atoms with Crippen molar-refractivity contribution in [1.29, 1.82) is 5.26 Å². The molecule has 0 heterocycles. The Morgan fingerprint density at radius 3 is 2.39 bits per heavy atom. The van der Waals surface area contributed by atoms with Crippen LogP contribution >= 0.6 is 0 Å². The van der Waals surface area contributed by atoms with E-state index in [1.54, 1.807) is 32.4 Å². The minimum atomic E-state index is -0.0743. The van der Waals surface area contributed by atoms with Crippen LogP contribution in [0.25, 0.3) is 0 Å². The summed E-state index contributed by atoms with van der Waals surface area (Å²) in [6.07, 6.45) is 1.37. The number of hydrogen-bond donors (Lipinski definition) is 0. The molecule has 0 N–H and O–H groups in total. The average molecular weight is 307 g/mol. The monoisotopic (exact) mass is 307 g/mol. The lowest BCUT2D eigenvalue weighted by Gasteiger charge is -2.09. The van der Waals surface area contributed by atoms with E-state index in [9.17, 15) is 4.79 Å². The molecular weight excluding hydrogens is 290 g/mol. The molecule has 0 aliphatic heterocycles. The first-order valence-electron chi connectivity index (χ1n) is 7.44. The number of rotatable bonds is 4. The second kappa shape index (κ2) is 6.13. The van der Waals surface area contributed by atoms with Gasteiger partial charge in [0.1, 0.15) is 0 Å². The number of benzene rings is 2. The third-order valence-corrected chi connectivity index (χ3v) is 4.28. The molecule has 4 nitrogen and oxygen atoms in total. The third-order valence-electron chi connectivity index (χ3n) is 4.28. The lowest BCUT2D eigenvalue weighted by atomic mass is 9.95. The van der Waals surface area contributed by atoms with Crippen molar-refractivity contribution in [2.75, 3.05) is 14.2 Å². The predicted octanol–water partition coefficient (Wildman–Crippen LogP) is 3.17. The lowest BCUT2D eigenvalue weighted by molar-refractivity contribution is 0.0936. The van der Waals surface area contributed by atoms with Crippen LogP contribution in [0.4, 0.5) is 0 Å². The molecule has 0 radical (unpaired) electrons. The summed E-state index contributed by atoms with van der Waals surface area (Å²) < 4.78 is 10.6. The molecule has 0 spiro atoms. The Kier molecular flexibility index (Phi) is 4.03. The van der Waals surface area contributed by atoms with Gasteiger partial charge in [-0.05, 0) is 48.2 Å². The SMILES string of the molecule is COc1cc2c(cc1OC)C(=O)C(Cc1ccc(C#N)cc1)C2. The predicted molar refractivity (Wildman–Crippen MR) is 85.9 cm³/mol. The van der Waals surface area contributed by atoms with Crippen LogP contribution in [0.15, 0.2) is 36.4 Å². The molecule has 1 aliphatic rings. The summed E-state index contributed by atoms with van der Waals surface area (Å²) in [6.45, 7) is 0. The van der Waals surface area contributed by atoms with Crippen molar-refractivity contribution in [3.05, 3.63) is 58.7 Å². The quantitative estimate of drug-likeness (QED) is 0.870. The van der Waals surface area contributed by atoms with Crippen molar-refractivity contribution in [3.8, 4) is 17.6 Å².